The van der Waals surface area contributed by atoms with E-state index in [0.717, 1.165) is 0 Å². The zero-order valence-corrected chi connectivity index (χ0v) is 11.7. The molecule has 3 nitrogen and oxygen atoms in total. The van der Waals surface area contributed by atoms with Gasteiger partial charge in [0, 0.05) is 0 Å². The molecule has 0 bridgehead atoms. The normalized spacial score (nSPS) is 21.2. The number of hydrogen-bond donors (Lipinski definition) is 0. The van der Waals surface area contributed by atoms with Gasteiger partial charge in [-0.1, -0.05) is 0 Å². The van der Waals surface area contributed by atoms with Crippen LogP contribution in [0, 0.1) is 0 Å². The molecule has 1 aliphatic heterocycles. The SMILES string of the molecule is CC(C)(C)S(=O)(=O)C1CCN(CC(F)(F)F)CC1. The third-order valence-electron chi connectivity index (χ3n) is 3.23. The monoisotopic (exact) mass is 287 g/mol. The van der Waals surface area contributed by atoms with Gasteiger partial charge in [-0.05, 0) is 46.7 Å². The highest BCUT2D eigenvalue weighted by Gasteiger charge is 2.40. The lowest BCUT2D eigenvalue weighted by Gasteiger charge is -2.35. The molecule has 0 spiro atoms. The van der Waals surface area contributed by atoms with Crippen molar-refractivity contribution in [2.75, 3.05) is 19.6 Å². The molecule has 1 fully saturated rings. The Balaban J connectivity index is 2.60. The maximum atomic E-state index is 12.2. The number of sulfone groups is 1. The van der Waals surface area contributed by atoms with Crippen LogP contribution in [0.3, 0.4) is 0 Å². The van der Waals surface area contributed by atoms with Crippen molar-refractivity contribution in [3.63, 3.8) is 0 Å². The molecule has 0 aromatic heterocycles. The first-order valence-corrected chi connectivity index (χ1v) is 7.51. The topological polar surface area (TPSA) is 37.4 Å². The number of alkyl halides is 3. The third kappa shape index (κ3) is 3.85. The Labute approximate surface area is 106 Å². The largest absolute Gasteiger partial charge is 0.401 e. The second-order valence-corrected chi connectivity index (χ2v) is 8.73. The van der Waals surface area contributed by atoms with Gasteiger partial charge >= 0.3 is 6.18 Å². The lowest BCUT2D eigenvalue weighted by Crippen LogP contribution is -2.46. The molecular weight excluding hydrogens is 267 g/mol. The Hall–Kier alpha value is -0.300. The standard InChI is InChI=1S/C11H20F3NO2S/c1-10(2,3)18(16,17)9-4-6-15(7-5-9)8-11(12,13)14/h9H,4-8H2,1-3H3. The number of nitrogens with zero attached hydrogens (tertiary/aromatic N) is 1. The van der Waals surface area contributed by atoms with Gasteiger partial charge in [0.1, 0.15) is 0 Å². The van der Waals surface area contributed by atoms with Crippen molar-refractivity contribution in [3.8, 4) is 0 Å². The van der Waals surface area contributed by atoms with Gasteiger partial charge in [-0.15, -0.1) is 0 Å². The first-order valence-electron chi connectivity index (χ1n) is 5.96. The van der Waals surface area contributed by atoms with Crippen molar-refractivity contribution in [3.05, 3.63) is 0 Å². The molecule has 0 atom stereocenters. The lowest BCUT2D eigenvalue weighted by molar-refractivity contribution is -0.147. The van der Waals surface area contributed by atoms with Crippen LogP contribution in [0.4, 0.5) is 13.2 Å². The molecule has 0 aromatic rings. The van der Waals surface area contributed by atoms with Crippen molar-refractivity contribution in [1.82, 2.24) is 4.90 Å². The Morgan fingerprint density at radius 2 is 1.56 bits per heavy atom. The Morgan fingerprint density at radius 1 is 1.11 bits per heavy atom. The molecule has 0 unspecified atom stereocenters. The van der Waals surface area contributed by atoms with Gasteiger partial charge in [0.2, 0.25) is 0 Å². The van der Waals surface area contributed by atoms with E-state index in [1.165, 1.54) is 4.90 Å². The zero-order chi connectivity index (χ0) is 14.2. The van der Waals surface area contributed by atoms with Crippen molar-refractivity contribution < 1.29 is 21.6 Å². The van der Waals surface area contributed by atoms with Crippen molar-refractivity contribution in [1.29, 1.82) is 0 Å². The fourth-order valence-electron chi connectivity index (χ4n) is 2.13. The van der Waals surface area contributed by atoms with Crippen LogP contribution in [-0.4, -0.2) is 49.1 Å². The van der Waals surface area contributed by atoms with Gasteiger partial charge in [-0.3, -0.25) is 4.90 Å². The molecule has 108 valence electrons. The maximum Gasteiger partial charge on any atom is 0.401 e. The van der Waals surface area contributed by atoms with E-state index < -0.39 is 32.6 Å². The van der Waals surface area contributed by atoms with E-state index in [1.807, 2.05) is 0 Å². The first kappa shape index (κ1) is 15.8. The van der Waals surface area contributed by atoms with Gasteiger partial charge < -0.3 is 0 Å². The number of halogens is 3. The van der Waals surface area contributed by atoms with Crippen LogP contribution in [0.1, 0.15) is 33.6 Å². The summed E-state index contributed by atoms with van der Waals surface area (Å²) in [5, 5.41) is -0.512. The summed E-state index contributed by atoms with van der Waals surface area (Å²) in [6.45, 7) is 4.33. The maximum absolute atomic E-state index is 12.2. The van der Waals surface area contributed by atoms with Crippen LogP contribution in [0.25, 0.3) is 0 Å². The van der Waals surface area contributed by atoms with Gasteiger partial charge in [0.15, 0.2) is 9.84 Å². The summed E-state index contributed by atoms with van der Waals surface area (Å²) in [5.74, 6) is 0. The van der Waals surface area contributed by atoms with Crippen LogP contribution < -0.4 is 0 Å². The molecule has 18 heavy (non-hydrogen) atoms. The average molecular weight is 287 g/mol. The molecule has 1 rings (SSSR count). The predicted octanol–water partition coefficient (Wildman–Crippen LogP) is 2.23. The molecule has 1 heterocycles. The van der Waals surface area contributed by atoms with Gasteiger partial charge in [-0.25, -0.2) is 8.42 Å². The summed E-state index contributed by atoms with van der Waals surface area (Å²) in [5.41, 5.74) is 0. The van der Waals surface area contributed by atoms with Crippen LogP contribution in [-0.2, 0) is 9.84 Å². The average Bonchev–Trinajstić information content (AvgIpc) is 2.14. The second-order valence-electron chi connectivity index (χ2n) is 5.75. The number of hydrogen-bond acceptors (Lipinski definition) is 3. The van der Waals surface area contributed by atoms with E-state index >= 15 is 0 Å². The predicted molar refractivity (Wildman–Crippen MR) is 64.2 cm³/mol. The van der Waals surface area contributed by atoms with E-state index in [9.17, 15) is 21.6 Å². The Bertz CT molecular complexity index is 376. The van der Waals surface area contributed by atoms with Crippen LogP contribution in [0.15, 0.2) is 0 Å². The van der Waals surface area contributed by atoms with E-state index in [0.29, 0.717) is 0 Å². The highest BCUT2D eigenvalue weighted by atomic mass is 32.2. The minimum atomic E-state index is -4.21. The van der Waals surface area contributed by atoms with Crippen LogP contribution in [0.5, 0.6) is 0 Å². The van der Waals surface area contributed by atoms with Gasteiger partial charge in [0.05, 0.1) is 16.5 Å². The Kier molecular flexibility index (Phi) is 4.37. The summed E-state index contributed by atoms with van der Waals surface area (Å²) in [6.07, 6.45) is -3.64. The van der Waals surface area contributed by atoms with Gasteiger partial charge in [0.25, 0.3) is 0 Å². The highest BCUT2D eigenvalue weighted by molar-refractivity contribution is 7.93. The van der Waals surface area contributed by atoms with E-state index in [2.05, 4.69) is 0 Å². The molecule has 7 heteroatoms. The molecule has 1 saturated heterocycles. The quantitative estimate of drug-likeness (QED) is 0.781. The minimum Gasteiger partial charge on any atom is -0.295 e. The number of rotatable bonds is 2. The van der Waals surface area contributed by atoms with Crippen molar-refractivity contribution in [2.45, 2.75) is 49.8 Å². The number of likely N-dealkylation sites (tertiary alicyclic amines) is 1. The fourth-order valence-corrected chi connectivity index (χ4v) is 3.96. The van der Waals surface area contributed by atoms with Gasteiger partial charge in [-0.2, -0.15) is 13.2 Å². The molecule has 0 N–H and O–H groups in total. The van der Waals surface area contributed by atoms with Crippen LogP contribution >= 0.6 is 0 Å². The molecule has 1 aliphatic rings. The Morgan fingerprint density at radius 3 is 1.89 bits per heavy atom. The van der Waals surface area contributed by atoms with E-state index in [-0.39, 0.29) is 25.9 Å². The summed E-state index contributed by atoms with van der Waals surface area (Å²) >= 11 is 0. The molecule has 0 saturated carbocycles. The lowest BCUT2D eigenvalue weighted by atomic mass is 10.1. The molecule has 0 aromatic carbocycles. The van der Waals surface area contributed by atoms with E-state index in [4.69, 9.17) is 0 Å². The number of piperidine rings is 1. The summed E-state index contributed by atoms with van der Waals surface area (Å²) in [7, 11) is -3.27. The summed E-state index contributed by atoms with van der Waals surface area (Å²) in [6, 6.07) is 0. The first-order chi connectivity index (χ1) is 7.93. The highest BCUT2D eigenvalue weighted by Crippen LogP contribution is 2.28. The van der Waals surface area contributed by atoms with Crippen LogP contribution in [0.2, 0.25) is 0 Å². The molecular formula is C11H20F3NO2S. The smallest absolute Gasteiger partial charge is 0.295 e. The van der Waals surface area contributed by atoms with Crippen molar-refractivity contribution in [2.24, 2.45) is 0 Å². The molecule has 0 radical (unpaired) electrons. The van der Waals surface area contributed by atoms with Crippen molar-refractivity contribution >= 4 is 9.84 Å². The molecule has 0 aliphatic carbocycles. The second kappa shape index (κ2) is 5.00. The zero-order valence-electron chi connectivity index (χ0n) is 10.9. The van der Waals surface area contributed by atoms with E-state index in [1.54, 1.807) is 20.8 Å². The fraction of sp³-hybridized carbons (Fsp3) is 1.00. The minimum absolute atomic E-state index is 0.194. The summed E-state index contributed by atoms with van der Waals surface area (Å²) in [4.78, 5) is 1.27. The molecule has 0 amide bonds. The summed E-state index contributed by atoms with van der Waals surface area (Å²) < 4.78 is 60.1. The third-order valence-corrected chi connectivity index (χ3v) is 6.29.